The molecule has 0 radical (unpaired) electrons. The summed E-state index contributed by atoms with van der Waals surface area (Å²) < 4.78 is 33.0. The van der Waals surface area contributed by atoms with Gasteiger partial charge in [0.05, 0.1) is 6.54 Å². The van der Waals surface area contributed by atoms with E-state index in [-0.39, 0.29) is 18.3 Å². The average molecular weight is 472 g/mol. The predicted octanol–water partition coefficient (Wildman–Crippen LogP) is 2.53. The molecular weight excluding hydrogens is 444 g/mol. The molecule has 11 heteroatoms. The molecule has 176 valence electrons. The van der Waals surface area contributed by atoms with E-state index in [9.17, 15) is 18.4 Å². The Kier molecular flexibility index (Phi) is 9.52. The Balaban J connectivity index is 0.00000363. The Hall–Kier alpha value is -2.59. The van der Waals surface area contributed by atoms with Crippen molar-refractivity contribution in [1.29, 1.82) is 0 Å². The summed E-state index contributed by atoms with van der Waals surface area (Å²) in [6.07, 6.45) is 0.704. The second-order valence-corrected chi connectivity index (χ2v) is 7.34. The van der Waals surface area contributed by atoms with Crippen LogP contribution in [0.1, 0.15) is 42.3 Å². The van der Waals surface area contributed by atoms with Gasteiger partial charge in [-0.05, 0) is 26.0 Å². The molecule has 1 aliphatic heterocycles. The van der Waals surface area contributed by atoms with Crippen molar-refractivity contribution in [2.24, 2.45) is 0 Å². The van der Waals surface area contributed by atoms with Crippen LogP contribution >= 0.6 is 12.4 Å². The van der Waals surface area contributed by atoms with Gasteiger partial charge in [0.1, 0.15) is 17.2 Å². The van der Waals surface area contributed by atoms with Crippen LogP contribution in [0.2, 0.25) is 0 Å². The third kappa shape index (κ3) is 6.23. The molecular formula is C21H28ClF2N5O3. The standard InChI is InChI=1S/C21H27F2N5O3.ClH/c1-3-27(4-2)19(29)9-8-18-24-17(25-31-18)14-26-10-12-28(13-11-26)21(30)20-15(22)6-5-7-16(20)23;/h5-7H,3-4,8-14H2,1-2H3;1H. The lowest BCUT2D eigenvalue weighted by Crippen LogP contribution is -2.48. The van der Waals surface area contributed by atoms with Crippen LogP contribution in [0.4, 0.5) is 8.78 Å². The van der Waals surface area contributed by atoms with Crippen molar-refractivity contribution < 1.29 is 22.9 Å². The van der Waals surface area contributed by atoms with Gasteiger partial charge in [-0.3, -0.25) is 14.5 Å². The number of nitrogens with zero attached hydrogens (tertiary/aromatic N) is 5. The Morgan fingerprint density at radius 1 is 1.09 bits per heavy atom. The Labute approximate surface area is 191 Å². The molecule has 3 rings (SSSR count). The fourth-order valence-corrected chi connectivity index (χ4v) is 3.57. The molecule has 2 amide bonds. The zero-order valence-corrected chi connectivity index (χ0v) is 19.0. The lowest BCUT2D eigenvalue weighted by Gasteiger charge is -2.34. The van der Waals surface area contributed by atoms with Crippen molar-refractivity contribution in [1.82, 2.24) is 24.8 Å². The number of benzene rings is 1. The Bertz CT molecular complexity index is 894. The number of piperazine rings is 1. The largest absolute Gasteiger partial charge is 0.343 e. The van der Waals surface area contributed by atoms with E-state index in [1.54, 1.807) is 4.90 Å². The maximum Gasteiger partial charge on any atom is 0.259 e. The average Bonchev–Trinajstić information content (AvgIpc) is 3.20. The first-order valence-corrected chi connectivity index (χ1v) is 10.5. The van der Waals surface area contributed by atoms with Crippen molar-refractivity contribution in [2.75, 3.05) is 39.3 Å². The maximum atomic E-state index is 13.9. The lowest BCUT2D eigenvalue weighted by molar-refractivity contribution is -0.130. The molecule has 0 saturated carbocycles. The number of rotatable bonds is 8. The topological polar surface area (TPSA) is 82.8 Å². The summed E-state index contributed by atoms with van der Waals surface area (Å²) in [5, 5.41) is 3.97. The molecule has 8 nitrogen and oxygen atoms in total. The fraction of sp³-hybridized carbons (Fsp3) is 0.524. The molecule has 2 heterocycles. The summed E-state index contributed by atoms with van der Waals surface area (Å²) in [7, 11) is 0. The maximum absolute atomic E-state index is 13.9. The van der Waals surface area contributed by atoms with Gasteiger partial charge in [-0.2, -0.15) is 4.98 Å². The number of aromatic nitrogens is 2. The van der Waals surface area contributed by atoms with Crippen molar-refractivity contribution in [2.45, 2.75) is 33.2 Å². The quantitative estimate of drug-likeness (QED) is 0.588. The molecule has 1 aromatic heterocycles. The lowest BCUT2D eigenvalue weighted by atomic mass is 10.1. The minimum atomic E-state index is -0.855. The van der Waals surface area contributed by atoms with Gasteiger partial charge in [0.25, 0.3) is 5.91 Å². The summed E-state index contributed by atoms with van der Waals surface area (Å²) >= 11 is 0. The molecule has 1 saturated heterocycles. The molecule has 0 aliphatic carbocycles. The molecule has 0 unspecified atom stereocenters. The normalized spacial score (nSPS) is 14.2. The fourth-order valence-electron chi connectivity index (χ4n) is 3.57. The predicted molar refractivity (Wildman–Crippen MR) is 115 cm³/mol. The first-order valence-electron chi connectivity index (χ1n) is 10.5. The van der Waals surface area contributed by atoms with Crippen LogP contribution < -0.4 is 0 Å². The second-order valence-electron chi connectivity index (χ2n) is 7.34. The van der Waals surface area contributed by atoms with E-state index in [2.05, 4.69) is 10.1 Å². The molecule has 0 spiro atoms. The van der Waals surface area contributed by atoms with E-state index in [0.717, 1.165) is 12.1 Å². The van der Waals surface area contributed by atoms with Crippen LogP contribution in [0.15, 0.2) is 22.7 Å². The van der Waals surface area contributed by atoms with Gasteiger partial charge in [-0.15, -0.1) is 12.4 Å². The van der Waals surface area contributed by atoms with Gasteiger partial charge in [0.2, 0.25) is 11.8 Å². The second kappa shape index (κ2) is 11.9. The highest BCUT2D eigenvalue weighted by Gasteiger charge is 2.27. The number of aryl methyl sites for hydroxylation is 1. The molecule has 1 aliphatic rings. The third-order valence-electron chi connectivity index (χ3n) is 5.38. The Morgan fingerprint density at radius 2 is 1.72 bits per heavy atom. The highest BCUT2D eigenvalue weighted by molar-refractivity contribution is 5.94. The van der Waals surface area contributed by atoms with Crippen LogP contribution in [-0.2, 0) is 17.8 Å². The van der Waals surface area contributed by atoms with Crippen LogP contribution in [-0.4, -0.2) is 75.9 Å². The smallest absolute Gasteiger partial charge is 0.259 e. The first-order chi connectivity index (χ1) is 14.9. The number of hydrogen-bond donors (Lipinski definition) is 0. The summed E-state index contributed by atoms with van der Waals surface area (Å²) in [4.78, 5) is 34.1. The van der Waals surface area contributed by atoms with Crippen molar-refractivity contribution in [3.05, 3.63) is 47.1 Å². The molecule has 0 atom stereocenters. The first kappa shape index (κ1) is 25.7. The van der Waals surface area contributed by atoms with Crippen LogP contribution in [0.25, 0.3) is 0 Å². The van der Waals surface area contributed by atoms with Crippen molar-refractivity contribution in [3.63, 3.8) is 0 Å². The molecule has 0 bridgehead atoms. The van der Waals surface area contributed by atoms with Gasteiger partial charge >= 0.3 is 0 Å². The Morgan fingerprint density at radius 3 is 2.31 bits per heavy atom. The van der Waals surface area contributed by atoms with E-state index < -0.39 is 23.1 Å². The monoisotopic (exact) mass is 471 g/mol. The van der Waals surface area contributed by atoms with Gasteiger partial charge < -0.3 is 14.3 Å². The van der Waals surface area contributed by atoms with E-state index in [1.165, 1.54) is 11.0 Å². The van der Waals surface area contributed by atoms with E-state index >= 15 is 0 Å². The van der Waals surface area contributed by atoms with Crippen LogP contribution in [0.3, 0.4) is 0 Å². The van der Waals surface area contributed by atoms with E-state index in [4.69, 9.17) is 4.52 Å². The summed E-state index contributed by atoms with van der Waals surface area (Å²) in [5.74, 6) is -1.38. The number of carbonyl (C=O) groups excluding carboxylic acids is 2. The van der Waals surface area contributed by atoms with Crippen molar-refractivity contribution >= 4 is 24.2 Å². The van der Waals surface area contributed by atoms with Gasteiger partial charge in [0, 0.05) is 52.1 Å². The summed E-state index contributed by atoms with van der Waals surface area (Å²) in [5.41, 5.74) is -0.516. The number of amides is 2. The van der Waals surface area contributed by atoms with Crippen molar-refractivity contribution in [3.8, 4) is 0 Å². The van der Waals surface area contributed by atoms with Crippen LogP contribution in [0, 0.1) is 11.6 Å². The van der Waals surface area contributed by atoms with Gasteiger partial charge in [0.15, 0.2) is 5.82 Å². The van der Waals surface area contributed by atoms with E-state index in [0.29, 0.717) is 70.4 Å². The highest BCUT2D eigenvalue weighted by atomic mass is 35.5. The molecule has 0 N–H and O–H groups in total. The zero-order valence-electron chi connectivity index (χ0n) is 18.2. The zero-order chi connectivity index (χ0) is 22.4. The number of halogens is 3. The van der Waals surface area contributed by atoms with Gasteiger partial charge in [-0.1, -0.05) is 11.2 Å². The minimum Gasteiger partial charge on any atom is -0.343 e. The molecule has 32 heavy (non-hydrogen) atoms. The number of carbonyl (C=O) groups is 2. The van der Waals surface area contributed by atoms with Gasteiger partial charge in [-0.25, -0.2) is 8.78 Å². The third-order valence-corrected chi connectivity index (χ3v) is 5.38. The minimum absolute atomic E-state index is 0. The number of hydrogen-bond acceptors (Lipinski definition) is 6. The van der Waals surface area contributed by atoms with Crippen LogP contribution in [0.5, 0.6) is 0 Å². The molecule has 2 aromatic rings. The van der Waals surface area contributed by atoms with E-state index in [1.807, 2.05) is 18.7 Å². The highest BCUT2D eigenvalue weighted by Crippen LogP contribution is 2.17. The SMILES string of the molecule is CCN(CC)C(=O)CCc1nc(CN2CCN(C(=O)c3c(F)cccc3F)CC2)no1.Cl. The summed E-state index contributed by atoms with van der Waals surface area (Å²) in [6.45, 7) is 7.37. The molecule has 1 aromatic carbocycles. The summed E-state index contributed by atoms with van der Waals surface area (Å²) in [6, 6.07) is 3.39. The molecule has 1 fully saturated rings.